The number of ether oxygens (including phenoxy) is 2. The first kappa shape index (κ1) is 17.2. The van der Waals surface area contributed by atoms with Crippen LogP contribution in [0.3, 0.4) is 0 Å². The molecule has 18 heavy (non-hydrogen) atoms. The second-order valence-electron chi connectivity index (χ2n) is 6.14. The van der Waals surface area contributed by atoms with Crippen LogP contribution in [0.1, 0.15) is 60.8 Å². The standard InChI is InChI=1S/C14H29NO3/c1-7-8-11-17-14(5,6)9-10-15-12(16)18-13(2,3)4/h7-11H2,1-6H3,(H,15,16). The van der Waals surface area contributed by atoms with E-state index in [1.807, 2.05) is 34.6 Å². The normalized spacial score (nSPS) is 12.3. The number of hydrogen-bond acceptors (Lipinski definition) is 3. The number of hydrogen-bond donors (Lipinski definition) is 1. The summed E-state index contributed by atoms with van der Waals surface area (Å²) >= 11 is 0. The molecule has 0 aliphatic heterocycles. The van der Waals surface area contributed by atoms with E-state index in [1.165, 1.54) is 0 Å². The van der Waals surface area contributed by atoms with Gasteiger partial charge in [-0.2, -0.15) is 0 Å². The molecule has 4 heteroatoms. The van der Waals surface area contributed by atoms with Crippen LogP contribution >= 0.6 is 0 Å². The van der Waals surface area contributed by atoms with Crippen LogP contribution in [-0.4, -0.2) is 30.4 Å². The molecule has 0 heterocycles. The summed E-state index contributed by atoms with van der Waals surface area (Å²) in [5, 5.41) is 2.74. The molecule has 4 nitrogen and oxygen atoms in total. The number of amides is 1. The van der Waals surface area contributed by atoms with Crippen molar-refractivity contribution in [2.24, 2.45) is 0 Å². The third-order valence-corrected chi connectivity index (χ3v) is 2.39. The zero-order valence-electron chi connectivity index (χ0n) is 12.8. The molecule has 0 saturated carbocycles. The van der Waals surface area contributed by atoms with Gasteiger partial charge in [-0.15, -0.1) is 0 Å². The molecule has 0 atom stereocenters. The van der Waals surface area contributed by atoms with Gasteiger partial charge in [0.25, 0.3) is 0 Å². The van der Waals surface area contributed by atoms with Crippen LogP contribution in [0.4, 0.5) is 4.79 Å². The minimum absolute atomic E-state index is 0.204. The molecule has 0 bridgehead atoms. The van der Waals surface area contributed by atoms with E-state index in [-0.39, 0.29) is 11.7 Å². The molecule has 108 valence electrons. The molecule has 0 aromatic rings. The molecule has 1 N–H and O–H groups in total. The fraction of sp³-hybridized carbons (Fsp3) is 0.929. The summed E-state index contributed by atoms with van der Waals surface area (Å²) in [5.74, 6) is 0. The predicted octanol–water partition coefficient (Wildman–Crippen LogP) is 3.50. The molecule has 0 unspecified atom stereocenters. The second-order valence-corrected chi connectivity index (χ2v) is 6.14. The lowest BCUT2D eigenvalue weighted by Gasteiger charge is -2.26. The van der Waals surface area contributed by atoms with Gasteiger partial charge in [-0.1, -0.05) is 13.3 Å². The van der Waals surface area contributed by atoms with Crippen molar-refractivity contribution in [1.29, 1.82) is 0 Å². The maximum Gasteiger partial charge on any atom is 0.407 e. The Labute approximate surface area is 111 Å². The molecular weight excluding hydrogens is 230 g/mol. The highest BCUT2D eigenvalue weighted by atomic mass is 16.6. The van der Waals surface area contributed by atoms with Crippen molar-refractivity contribution >= 4 is 6.09 Å². The van der Waals surface area contributed by atoms with E-state index in [1.54, 1.807) is 0 Å². The molecule has 0 aromatic carbocycles. The molecule has 0 aliphatic rings. The highest BCUT2D eigenvalue weighted by molar-refractivity contribution is 5.67. The third kappa shape index (κ3) is 10.4. The van der Waals surface area contributed by atoms with Crippen molar-refractivity contribution in [2.75, 3.05) is 13.2 Å². The highest BCUT2D eigenvalue weighted by Gasteiger charge is 2.20. The van der Waals surface area contributed by atoms with Gasteiger partial charge >= 0.3 is 6.09 Å². The van der Waals surface area contributed by atoms with Crippen LogP contribution in [0.5, 0.6) is 0 Å². The lowest BCUT2D eigenvalue weighted by molar-refractivity contribution is -0.0244. The summed E-state index contributed by atoms with van der Waals surface area (Å²) in [5.41, 5.74) is -0.651. The van der Waals surface area contributed by atoms with E-state index >= 15 is 0 Å². The Kier molecular flexibility index (Phi) is 7.29. The first-order valence-electron chi connectivity index (χ1n) is 6.77. The van der Waals surface area contributed by atoms with Crippen LogP contribution in [0.15, 0.2) is 0 Å². The van der Waals surface area contributed by atoms with E-state index in [2.05, 4.69) is 12.2 Å². The van der Waals surface area contributed by atoms with Crippen LogP contribution < -0.4 is 5.32 Å². The zero-order valence-corrected chi connectivity index (χ0v) is 12.8. The van der Waals surface area contributed by atoms with Crippen LogP contribution in [0.2, 0.25) is 0 Å². The fourth-order valence-corrected chi connectivity index (χ4v) is 1.34. The van der Waals surface area contributed by atoms with Crippen molar-refractivity contribution in [2.45, 2.75) is 72.0 Å². The smallest absolute Gasteiger partial charge is 0.407 e. The summed E-state index contributed by atoms with van der Waals surface area (Å²) in [6, 6.07) is 0. The molecule has 0 saturated heterocycles. The maximum atomic E-state index is 11.4. The average Bonchev–Trinajstić information content (AvgIpc) is 2.14. The minimum atomic E-state index is -0.447. The Balaban J connectivity index is 3.78. The first-order valence-corrected chi connectivity index (χ1v) is 6.77. The highest BCUT2D eigenvalue weighted by Crippen LogP contribution is 2.14. The van der Waals surface area contributed by atoms with Gasteiger partial charge in [0.2, 0.25) is 0 Å². The predicted molar refractivity (Wildman–Crippen MR) is 73.8 cm³/mol. The molecule has 0 aliphatic carbocycles. The van der Waals surface area contributed by atoms with Gasteiger partial charge in [-0.3, -0.25) is 0 Å². The number of rotatable bonds is 7. The number of alkyl carbamates (subject to hydrolysis) is 1. The summed E-state index contributed by atoms with van der Waals surface area (Å²) in [6.45, 7) is 13.1. The summed E-state index contributed by atoms with van der Waals surface area (Å²) in [6.07, 6.45) is 2.61. The van der Waals surface area contributed by atoms with Gasteiger partial charge < -0.3 is 14.8 Å². The van der Waals surface area contributed by atoms with Crippen LogP contribution in [0, 0.1) is 0 Å². The Morgan fingerprint density at radius 2 is 1.78 bits per heavy atom. The molecule has 1 amide bonds. The van der Waals surface area contributed by atoms with Crippen molar-refractivity contribution in [3.63, 3.8) is 0 Å². The van der Waals surface area contributed by atoms with Gasteiger partial charge in [0.05, 0.1) is 5.60 Å². The van der Waals surface area contributed by atoms with E-state index in [4.69, 9.17) is 9.47 Å². The molecule has 0 aromatic heterocycles. The SMILES string of the molecule is CCCCOC(C)(C)CCNC(=O)OC(C)(C)C. The fourth-order valence-electron chi connectivity index (χ4n) is 1.34. The second kappa shape index (κ2) is 7.62. The minimum Gasteiger partial charge on any atom is -0.444 e. The zero-order chi connectivity index (χ0) is 14.2. The maximum absolute atomic E-state index is 11.4. The van der Waals surface area contributed by atoms with Gasteiger partial charge in [-0.05, 0) is 47.5 Å². The Morgan fingerprint density at radius 1 is 1.17 bits per heavy atom. The van der Waals surface area contributed by atoms with Crippen LogP contribution in [0.25, 0.3) is 0 Å². The summed E-state index contributed by atoms with van der Waals surface area (Å²) in [4.78, 5) is 11.4. The topological polar surface area (TPSA) is 47.6 Å². The van der Waals surface area contributed by atoms with Crippen molar-refractivity contribution in [3.05, 3.63) is 0 Å². The van der Waals surface area contributed by atoms with Gasteiger partial charge in [-0.25, -0.2) is 4.79 Å². The lowest BCUT2D eigenvalue weighted by atomic mass is 10.1. The Hall–Kier alpha value is -0.770. The van der Waals surface area contributed by atoms with E-state index < -0.39 is 5.60 Å². The van der Waals surface area contributed by atoms with E-state index in [0.717, 1.165) is 25.9 Å². The lowest BCUT2D eigenvalue weighted by Crippen LogP contribution is -2.36. The Morgan fingerprint density at radius 3 is 2.28 bits per heavy atom. The number of carbonyl (C=O) groups is 1. The number of carbonyl (C=O) groups excluding carboxylic acids is 1. The number of nitrogens with one attached hydrogen (secondary N) is 1. The average molecular weight is 259 g/mol. The molecular formula is C14H29NO3. The molecule has 0 spiro atoms. The van der Waals surface area contributed by atoms with Crippen LogP contribution in [-0.2, 0) is 9.47 Å². The first-order chi connectivity index (χ1) is 8.16. The third-order valence-electron chi connectivity index (χ3n) is 2.39. The van der Waals surface area contributed by atoms with Crippen molar-refractivity contribution in [3.8, 4) is 0 Å². The Bertz CT molecular complexity index is 244. The summed E-state index contributed by atoms with van der Waals surface area (Å²) in [7, 11) is 0. The van der Waals surface area contributed by atoms with E-state index in [0.29, 0.717) is 6.54 Å². The van der Waals surface area contributed by atoms with Gasteiger partial charge in [0, 0.05) is 13.2 Å². The van der Waals surface area contributed by atoms with Crippen molar-refractivity contribution in [1.82, 2.24) is 5.32 Å². The molecule has 0 radical (unpaired) electrons. The molecule has 0 fully saturated rings. The molecule has 0 rings (SSSR count). The quantitative estimate of drug-likeness (QED) is 0.712. The van der Waals surface area contributed by atoms with Gasteiger partial charge in [0.15, 0.2) is 0 Å². The summed E-state index contributed by atoms with van der Waals surface area (Å²) < 4.78 is 10.9. The van der Waals surface area contributed by atoms with Crippen molar-refractivity contribution < 1.29 is 14.3 Å². The largest absolute Gasteiger partial charge is 0.444 e. The number of unbranched alkanes of at least 4 members (excludes halogenated alkanes) is 1. The van der Waals surface area contributed by atoms with E-state index in [9.17, 15) is 4.79 Å². The van der Waals surface area contributed by atoms with Gasteiger partial charge in [0.1, 0.15) is 5.60 Å². The monoisotopic (exact) mass is 259 g/mol.